The van der Waals surface area contributed by atoms with Crippen molar-refractivity contribution in [2.24, 2.45) is 0 Å². The number of hydrogen-bond donors (Lipinski definition) is 1. The molecule has 25 heavy (non-hydrogen) atoms. The number of fused-ring (bicyclic) bond motifs is 1. The van der Waals surface area contributed by atoms with Gasteiger partial charge in [-0.1, -0.05) is 6.07 Å². The van der Waals surface area contributed by atoms with Crippen molar-refractivity contribution < 1.29 is 14.0 Å². The van der Waals surface area contributed by atoms with Crippen LogP contribution in [0.2, 0.25) is 0 Å². The number of halogens is 1. The molecule has 1 heterocycles. The molecule has 0 saturated heterocycles. The third-order valence-electron chi connectivity index (χ3n) is 3.68. The van der Waals surface area contributed by atoms with Gasteiger partial charge in [0.05, 0.1) is 11.1 Å². The molecular formula is C19H16FN3O2. The molecule has 6 heteroatoms. The Bertz CT molecular complexity index is 970. The fraction of sp³-hybridized carbons (Fsp3) is 0.105. The summed E-state index contributed by atoms with van der Waals surface area (Å²) in [4.78, 5) is 30.0. The van der Waals surface area contributed by atoms with Crippen LogP contribution in [-0.2, 0) is 0 Å². The summed E-state index contributed by atoms with van der Waals surface area (Å²) in [6.07, 6.45) is 1.43. The second-order valence-electron chi connectivity index (χ2n) is 5.80. The number of hydrogen-bond acceptors (Lipinski definition) is 3. The summed E-state index contributed by atoms with van der Waals surface area (Å²) in [5, 5.41) is 3.27. The zero-order valence-corrected chi connectivity index (χ0v) is 13.8. The minimum Gasteiger partial charge on any atom is -0.345 e. The van der Waals surface area contributed by atoms with Crippen LogP contribution >= 0.6 is 0 Å². The molecule has 0 atom stereocenters. The lowest BCUT2D eigenvalue weighted by molar-refractivity contribution is 0.0827. The zero-order valence-electron chi connectivity index (χ0n) is 13.8. The van der Waals surface area contributed by atoms with E-state index in [9.17, 15) is 14.0 Å². The third-order valence-corrected chi connectivity index (χ3v) is 3.68. The van der Waals surface area contributed by atoms with E-state index < -0.39 is 0 Å². The summed E-state index contributed by atoms with van der Waals surface area (Å²) in [6, 6.07) is 12.5. The fourth-order valence-corrected chi connectivity index (χ4v) is 2.42. The highest BCUT2D eigenvalue weighted by atomic mass is 19.1. The van der Waals surface area contributed by atoms with Gasteiger partial charge in [-0.25, -0.2) is 4.39 Å². The van der Waals surface area contributed by atoms with Crippen LogP contribution in [0.3, 0.4) is 0 Å². The number of amides is 2. The molecule has 5 nitrogen and oxygen atoms in total. The maximum atomic E-state index is 13.3. The lowest BCUT2D eigenvalue weighted by atomic mass is 10.1. The van der Waals surface area contributed by atoms with E-state index in [4.69, 9.17) is 0 Å². The first-order chi connectivity index (χ1) is 11.9. The molecule has 3 aromatic rings. The third kappa shape index (κ3) is 3.63. The van der Waals surface area contributed by atoms with Crippen LogP contribution in [0.15, 0.2) is 54.7 Å². The van der Waals surface area contributed by atoms with Gasteiger partial charge in [0.1, 0.15) is 5.82 Å². The van der Waals surface area contributed by atoms with E-state index in [1.54, 1.807) is 50.5 Å². The highest BCUT2D eigenvalue weighted by Gasteiger charge is 2.11. The number of nitrogens with one attached hydrogen (secondary N) is 1. The Balaban J connectivity index is 1.85. The van der Waals surface area contributed by atoms with Gasteiger partial charge in [0.15, 0.2) is 0 Å². The maximum Gasteiger partial charge on any atom is 0.257 e. The molecule has 0 bridgehead atoms. The van der Waals surface area contributed by atoms with Crippen molar-refractivity contribution in [3.05, 3.63) is 71.7 Å². The minimum absolute atomic E-state index is 0.154. The van der Waals surface area contributed by atoms with E-state index in [-0.39, 0.29) is 17.6 Å². The van der Waals surface area contributed by atoms with Crippen molar-refractivity contribution in [1.82, 2.24) is 9.88 Å². The monoisotopic (exact) mass is 337 g/mol. The van der Waals surface area contributed by atoms with Crippen molar-refractivity contribution in [2.75, 3.05) is 19.4 Å². The standard InChI is InChI=1S/C19H16FN3O2/c1-23(2)19(25)12-4-3-5-16(10-12)22-18(24)14-8-13-9-15(20)6-7-17(13)21-11-14/h3-11H,1-2H3,(H,22,24). The molecule has 126 valence electrons. The van der Waals surface area contributed by atoms with Crippen molar-refractivity contribution in [2.45, 2.75) is 0 Å². The number of carbonyl (C=O) groups excluding carboxylic acids is 2. The normalized spacial score (nSPS) is 10.5. The van der Waals surface area contributed by atoms with Gasteiger partial charge in [-0.2, -0.15) is 0 Å². The second-order valence-corrected chi connectivity index (χ2v) is 5.80. The van der Waals surface area contributed by atoms with Crippen molar-refractivity contribution in [3.63, 3.8) is 0 Å². The highest BCUT2D eigenvalue weighted by Crippen LogP contribution is 2.17. The Morgan fingerprint density at radius 2 is 1.84 bits per heavy atom. The first-order valence-corrected chi connectivity index (χ1v) is 7.62. The summed E-state index contributed by atoms with van der Waals surface area (Å²) in [5.41, 5.74) is 1.89. The maximum absolute atomic E-state index is 13.3. The SMILES string of the molecule is CN(C)C(=O)c1cccc(NC(=O)c2cnc3ccc(F)cc3c2)c1. The van der Waals surface area contributed by atoms with Crippen LogP contribution in [0, 0.1) is 5.82 Å². The number of nitrogens with zero attached hydrogens (tertiary/aromatic N) is 2. The Kier molecular flexibility index (Phi) is 4.43. The van der Waals surface area contributed by atoms with Crippen molar-refractivity contribution in [3.8, 4) is 0 Å². The molecule has 0 aliphatic rings. The predicted octanol–water partition coefficient (Wildman–Crippen LogP) is 3.33. The second kappa shape index (κ2) is 6.68. The van der Waals surface area contributed by atoms with Gasteiger partial charge in [0, 0.05) is 36.9 Å². The van der Waals surface area contributed by atoms with Crippen LogP contribution in [0.25, 0.3) is 10.9 Å². The fourth-order valence-electron chi connectivity index (χ4n) is 2.42. The summed E-state index contributed by atoms with van der Waals surface area (Å²) >= 11 is 0. The van der Waals surface area contributed by atoms with Gasteiger partial charge in [0.2, 0.25) is 0 Å². The topological polar surface area (TPSA) is 62.3 Å². The molecular weight excluding hydrogens is 321 g/mol. The van der Waals surface area contributed by atoms with Crippen molar-refractivity contribution >= 4 is 28.4 Å². The smallest absolute Gasteiger partial charge is 0.257 e. The number of pyridine rings is 1. The van der Waals surface area contributed by atoms with E-state index >= 15 is 0 Å². The van der Waals surface area contributed by atoms with Crippen molar-refractivity contribution in [1.29, 1.82) is 0 Å². The van der Waals surface area contributed by atoms with Crippen LogP contribution < -0.4 is 5.32 Å². The van der Waals surface area contributed by atoms with E-state index in [2.05, 4.69) is 10.3 Å². The Labute approximate surface area is 144 Å². The number of benzene rings is 2. The molecule has 1 N–H and O–H groups in total. The first-order valence-electron chi connectivity index (χ1n) is 7.62. The van der Waals surface area contributed by atoms with E-state index in [1.807, 2.05) is 0 Å². The molecule has 0 spiro atoms. The summed E-state index contributed by atoms with van der Waals surface area (Å²) in [5.74, 6) is -0.922. The summed E-state index contributed by atoms with van der Waals surface area (Å²) in [6.45, 7) is 0. The molecule has 0 aliphatic heterocycles. The zero-order chi connectivity index (χ0) is 18.0. The Morgan fingerprint density at radius 3 is 2.60 bits per heavy atom. The molecule has 0 fully saturated rings. The molecule has 1 aromatic heterocycles. The number of aromatic nitrogens is 1. The number of carbonyl (C=O) groups is 2. The van der Waals surface area contributed by atoms with E-state index in [1.165, 1.54) is 23.2 Å². The van der Waals surface area contributed by atoms with Crippen LogP contribution in [0.1, 0.15) is 20.7 Å². The molecule has 3 rings (SSSR count). The molecule has 0 saturated carbocycles. The molecule has 0 radical (unpaired) electrons. The Morgan fingerprint density at radius 1 is 1.04 bits per heavy atom. The molecule has 2 aromatic carbocycles. The van der Waals surface area contributed by atoms with E-state index in [0.29, 0.717) is 27.7 Å². The molecule has 0 aliphatic carbocycles. The number of rotatable bonds is 3. The molecule has 2 amide bonds. The Hall–Kier alpha value is -3.28. The van der Waals surface area contributed by atoms with E-state index in [0.717, 1.165) is 0 Å². The minimum atomic E-state index is -0.387. The van der Waals surface area contributed by atoms with Crippen LogP contribution in [-0.4, -0.2) is 35.8 Å². The van der Waals surface area contributed by atoms with Gasteiger partial charge < -0.3 is 10.2 Å². The van der Waals surface area contributed by atoms with Gasteiger partial charge in [-0.15, -0.1) is 0 Å². The number of anilines is 1. The van der Waals surface area contributed by atoms with Gasteiger partial charge in [-0.3, -0.25) is 14.6 Å². The largest absolute Gasteiger partial charge is 0.345 e. The van der Waals surface area contributed by atoms with Crippen LogP contribution in [0.4, 0.5) is 10.1 Å². The lowest BCUT2D eigenvalue weighted by Crippen LogP contribution is -2.22. The predicted molar refractivity (Wildman–Crippen MR) is 94.1 cm³/mol. The molecule has 0 unspecified atom stereocenters. The summed E-state index contributed by atoms with van der Waals surface area (Å²) < 4.78 is 13.3. The average molecular weight is 337 g/mol. The van der Waals surface area contributed by atoms with Gasteiger partial charge in [-0.05, 0) is 42.5 Å². The quantitative estimate of drug-likeness (QED) is 0.797. The average Bonchev–Trinajstić information content (AvgIpc) is 2.60. The summed E-state index contributed by atoms with van der Waals surface area (Å²) in [7, 11) is 3.32. The first kappa shape index (κ1) is 16.6. The van der Waals surface area contributed by atoms with Gasteiger partial charge >= 0.3 is 0 Å². The van der Waals surface area contributed by atoms with Gasteiger partial charge in [0.25, 0.3) is 11.8 Å². The highest BCUT2D eigenvalue weighted by molar-refractivity contribution is 6.06. The van der Waals surface area contributed by atoms with Crippen LogP contribution in [0.5, 0.6) is 0 Å². The lowest BCUT2D eigenvalue weighted by Gasteiger charge is -2.12.